The fourth-order valence-corrected chi connectivity index (χ4v) is 1.24. The Morgan fingerprint density at radius 3 is 2.53 bits per heavy atom. The van der Waals surface area contributed by atoms with E-state index >= 15 is 0 Å². The third kappa shape index (κ3) is 4.59. The molecule has 1 aromatic heterocycles. The van der Waals surface area contributed by atoms with Gasteiger partial charge < -0.3 is 4.48 Å². The van der Waals surface area contributed by atoms with Gasteiger partial charge in [0.2, 0.25) is 0 Å². The van der Waals surface area contributed by atoms with E-state index in [0.717, 1.165) is 6.92 Å². The van der Waals surface area contributed by atoms with Crippen LogP contribution in [0.1, 0.15) is 17.3 Å². The number of pyridine rings is 1. The van der Waals surface area contributed by atoms with Crippen LogP contribution < -0.4 is 15.3 Å². The zero-order valence-electron chi connectivity index (χ0n) is 10.3. The highest BCUT2D eigenvalue weighted by molar-refractivity contribution is 6.35. The smallest absolute Gasteiger partial charge is 0.405 e. The minimum Gasteiger partial charge on any atom is -0.420 e. The summed E-state index contributed by atoms with van der Waals surface area (Å²) in [5.74, 6) is 1.37. The van der Waals surface area contributed by atoms with Crippen molar-refractivity contribution in [1.82, 2.24) is 10.9 Å². The lowest BCUT2D eigenvalue weighted by Gasteiger charge is -2.17. The van der Waals surface area contributed by atoms with Crippen LogP contribution in [0.15, 0.2) is 24.5 Å². The highest BCUT2D eigenvalue weighted by Gasteiger charge is 2.36. The summed E-state index contributed by atoms with van der Waals surface area (Å²) in [5.41, 5.74) is 4.08. The summed E-state index contributed by atoms with van der Waals surface area (Å²) >= 11 is 0. The molecule has 0 aliphatic heterocycles. The molecule has 19 heavy (non-hydrogen) atoms. The Hall–Kier alpha value is -2.08. The Morgan fingerprint density at radius 2 is 2.05 bits per heavy atom. The van der Waals surface area contributed by atoms with Gasteiger partial charge in [-0.2, -0.15) is 13.2 Å². The van der Waals surface area contributed by atoms with E-state index in [1.807, 2.05) is 16.8 Å². The van der Waals surface area contributed by atoms with Crippen molar-refractivity contribution < 1.29 is 22.4 Å². The molecule has 0 radical (unpaired) electrons. The first-order valence-electron chi connectivity index (χ1n) is 5.61. The summed E-state index contributed by atoms with van der Waals surface area (Å²) in [6.45, 7) is 0.900. The lowest BCUT2D eigenvalue weighted by molar-refractivity contribution is -0.527. The minimum absolute atomic E-state index is 0.211. The number of carbonyl (C=O) groups excluding carboxylic acids is 1. The maximum Gasteiger partial charge on any atom is 0.405 e. The Labute approximate surface area is 108 Å². The summed E-state index contributed by atoms with van der Waals surface area (Å²) < 4.78 is 38.2. The van der Waals surface area contributed by atoms with Crippen molar-refractivity contribution in [3.05, 3.63) is 30.1 Å². The van der Waals surface area contributed by atoms with E-state index in [2.05, 4.69) is 0 Å². The molecule has 0 saturated heterocycles. The number of nitrogens with zero attached hydrogens (tertiary/aromatic N) is 2. The minimum atomic E-state index is -4.43. The molecular weight excluding hydrogens is 260 g/mol. The molecule has 0 bridgehead atoms. The quantitative estimate of drug-likeness (QED) is 0.577. The third-order valence-corrected chi connectivity index (χ3v) is 2.49. The molecule has 0 aliphatic carbocycles. The van der Waals surface area contributed by atoms with Crippen molar-refractivity contribution in [1.29, 1.82) is 5.26 Å². The van der Waals surface area contributed by atoms with Gasteiger partial charge in [0, 0.05) is 12.1 Å². The van der Waals surface area contributed by atoms with Crippen LogP contribution in [0.4, 0.5) is 13.2 Å². The first-order valence-corrected chi connectivity index (χ1v) is 5.61. The van der Waals surface area contributed by atoms with Crippen LogP contribution in [-0.4, -0.2) is 25.5 Å². The topological polar surface area (TPSA) is 68.8 Å². The van der Waals surface area contributed by atoms with E-state index in [1.165, 1.54) is 12.1 Å². The normalized spacial score (nSPS) is 12.6. The first kappa shape index (κ1) is 15.0. The fourth-order valence-electron chi connectivity index (χ4n) is 1.24. The van der Waals surface area contributed by atoms with Gasteiger partial charge in [0.05, 0.1) is 5.56 Å². The monoisotopic (exact) mass is 272 g/mol. The number of halogens is 3. The molecule has 1 aromatic rings. The number of nitriles is 1. The van der Waals surface area contributed by atoms with Gasteiger partial charge in [0.1, 0.15) is 18.4 Å². The maximum atomic E-state index is 12.2. The molecule has 0 spiro atoms. The number of rotatable bonds is 4. The summed E-state index contributed by atoms with van der Waals surface area (Å²) in [5, 5.41) is 8.51. The molecule has 9 heteroatoms. The van der Waals surface area contributed by atoms with Crippen LogP contribution in [0, 0.1) is 11.2 Å². The molecular formula is C10H12BF3N4O. The second kappa shape index (κ2) is 6.20. The van der Waals surface area contributed by atoms with Gasteiger partial charge in [0.15, 0.2) is 0 Å². The van der Waals surface area contributed by atoms with Gasteiger partial charge in [-0.25, -0.2) is 10.7 Å². The predicted octanol–water partition coefficient (Wildman–Crippen LogP) is -0.428. The molecule has 0 fully saturated rings. The Kier molecular flexibility index (Phi) is 4.89. The van der Waals surface area contributed by atoms with E-state index in [4.69, 9.17) is 5.26 Å². The van der Waals surface area contributed by atoms with Crippen molar-refractivity contribution in [2.45, 2.75) is 19.1 Å². The van der Waals surface area contributed by atoms with E-state index in [9.17, 15) is 18.0 Å². The molecule has 1 unspecified atom stereocenters. The lowest BCUT2D eigenvalue weighted by atomic mass is 9.98. The predicted molar refractivity (Wildman–Crippen MR) is 62.3 cm³/mol. The van der Waals surface area contributed by atoms with Crippen molar-refractivity contribution in [2.75, 3.05) is 0 Å². The van der Waals surface area contributed by atoms with Crippen LogP contribution in [-0.2, 0) is 0 Å². The second-order valence-electron chi connectivity index (χ2n) is 4.06. The zero-order chi connectivity index (χ0) is 14.5. The highest BCUT2D eigenvalue weighted by Crippen LogP contribution is 2.18. The number of amides is 1. The van der Waals surface area contributed by atoms with Gasteiger partial charge >= 0.3 is 13.6 Å². The molecule has 2 N–H and O–H groups in total. The summed E-state index contributed by atoms with van der Waals surface area (Å²) in [4.78, 5) is 11.5. The average molecular weight is 272 g/mol. The molecule has 0 aliphatic rings. The van der Waals surface area contributed by atoms with Gasteiger partial charge in [-0.05, 0) is 6.92 Å². The molecule has 0 saturated carbocycles. The molecule has 102 valence electrons. The van der Waals surface area contributed by atoms with E-state index < -0.39 is 25.5 Å². The SMILES string of the molecule is CC(NNC(=O)c1cc[n+]([BH2-]C#N)cc1)C(F)(F)F. The van der Waals surface area contributed by atoms with Crippen LogP contribution in [0.5, 0.6) is 0 Å². The summed E-state index contributed by atoms with van der Waals surface area (Å²) in [7, 11) is -0.940. The third-order valence-electron chi connectivity index (χ3n) is 2.49. The molecule has 1 atom stereocenters. The number of aromatic nitrogens is 1. The van der Waals surface area contributed by atoms with E-state index in [0.29, 0.717) is 0 Å². The number of carbonyl (C=O) groups is 1. The second-order valence-corrected chi connectivity index (χ2v) is 4.06. The standard InChI is InChI=1S/C10H12BF3N4O/c1-7(10(12,13)14)16-17-9(19)8-2-4-18(5-3-8)11-6-15/h2-5,7,16H,11H2,1H3,(H,17,19). The number of hydrogen-bond donors (Lipinski definition) is 2. The molecule has 5 nitrogen and oxygen atoms in total. The molecule has 0 aromatic carbocycles. The number of hydrogen-bond acceptors (Lipinski definition) is 3. The maximum absolute atomic E-state index is 12.2. The Morgan fingerprint density at radius 1 is 1.47 bits per heavy atom. The Bertz CT molecular complexity index is 483. The van der Waals surface area contributed by atoms with Gasteiger partial charge in [-0.15, -0.1) is 0 Å². The van der Waals surface area contributed by atoms with Crippen molar-refractivity contribution in [3.63, 3.8) is 0 Å². The van der Waals surface area contributed by atoms with Crippen molar-refractivity contribution in [2.24, 2.45) is 0 Å². The Balaban J connectivity index is 2.57. The van der Waals surface area contributed by atoms with E-state index in [-0.39, 0.29) is 5.56 Å². The van der Waals surface area contributed by atoms with E-state index in [1.54, 1.807) is 16.9 Å². The van der Waals surface area contributed by atoms with Crippen molar-refractivity contribution in [3.8, 4) is 5.97 Å². The van der Waals surface area contributed by atoms with Crippen LogP contribution in [0.25, 0.3) is 0 Å². The van der Waals surface area contributed by atoms with Gasteiger partial charge in [-0.3, -0.25) is 10.2 Å². The van der Waals surface area contributed by atoms with Gasteiger partial charge in [0.25, 0.3) is 5.91 Å². The largest absolute Gasteiger partial charge is 0.420 e. The first-order chi connectivity index (χ1) is 8.84. The molecule has 1 amide bonds. The number of hydrazine groups is 1. The lowest BCUT2D eigenvalue weighted by Crippen LogP contribution is -2.49. The molecule has 1 rings (SSSR count). The molecule has 1 heterocycles. The van der Waals surface area contributed by atoms with Crippen LogP contribution in [0.3, 0.4) is 0 Å². The fraction of sp³-hybridized carbons (Fsp3) is 0.300. The highest BCUT2D eigenvalue weighted by atomic mass is 19.4. The van der Waals surface area contributed by atoms with Crippen LogP contribution >= 0.6 is 0 Å². The summed E-state index contributed by atoms with van der Waals surface area (Å²) in [6.07, 6.45) is -1.33. The van der Waals surface area contributed by atoms with Gasteiger partial charge in [-0.1, -0.05) is 5.97 Å². The van der Waals surface area contributed by atoms with Crippen molar-refractivity contribution >= 4 is 13.3 Å². The number of nitrogens with one attached hydrogen (secondary N) is 2. The zero-order valence-corrected chi connectivity index (χ0v) is 10.3. The summed E-state index contributed by atoms with van der Waals surface area (Å²) in [6, 6.07) is 1.04. The van der Waals surface area contributed by atoms with Crippen LogP contribution in [0.2, 0.25) is 0 Å². The number of alkyl halides is 3. The average Bonchev–Trinajstić information content (AvgIpc) is 2.35.